The highest BCUT2D eigenvalue weighted by Crippen LogP contribution is 2.26. The fraction of sp³-hybridized carbons (Fsp3) is 0.350. The molecule has 0 aliphatic rings. The largest absolute Gasteiger partial charge is 0.349 e. The molecule has 1 amide bonds. The highest BCUT2D eigenvalue weighted by molar-refractivity contribution is 7.92. The lowest BCUT2D eigenvalue weighted by Gasteiger charge is -2.18. The van der Waals surface area contributed by atoms with E-state index in [4.69, 9.17) is 11.6 Å². The monoisotopic (exact) mass is 408 g/mol. The van der Waals surface area contributed by atoms with Crippen molar-refractivity contribution < 1.29 is 13.2 Å². The Morgan fingerprint density at radius 1 is 1.00 bits per heavy atom. The average molecular weight is 409 g/mol. The summed E-state index contributed by atoms with van der Waals surface area (Å²) in [6, 6.07) is 9.48. The highest BCUT2D eigenvalue weighted by Gasteiger charge is 2.21. The van der Waals surface area contributed by atoms with Crippen molar-refractivity contribution in [1.82, 2.24) is 5.32 Å². The Kier molecular flexibility index (Phi) is 6.54. The number of halogens is 1. The number of anilines is 1. The van der Waals surface area contributed by atoms with Gasteiger partial charge >= 0.3 is 0 Å². The lowest BCUT2D eigenvalue weighted by molar-refractivity contribution is 0.0930. The first kappa shape index (κ1) is 21.3. The van der Waals surface area contributed by atoms with Crippen molar-refractivity contribution in [2.24, 2.45) is 5.92 Å². The number of rotatable bonds is 6. The third kappa shape index (κ3) is 5.23. The minimum atomic E-state index is -3.94. The summed E-state index contributed by atoms with van der Waals surface area (Å²) >= 11 is 6.11. The highest BCUT2D eigenvalue weighted by atomic mass is 35.5. The first-order chi connectivity index (χ1) is 12.5. The van der Waals surface area contributed by atoms with E-state index in [1.165, 1.54) is 18.2 Å². The molecular weight excluding hydrogens is 384 g/mol. The summed E-state index contributed by atoms with van der Waals surface area (Å²) in [4.78, 5) is 12.3. The van der Waals surface area contributed by atoms with Crippen LogP contribution in [-0.4, -0.2) is 20.4 Å². The molecule has 0 heterocycles. The SMILES string of the molecule is Cc1ccc(NS(=O)(=O)c2cc(C(=O)NC(C)C(C)C)ccc2Cl)cc1C. The van der Waals surface area contributed by atoms with E-state index in [1.54, 1.807) is 12.1 Å². The van der Waals surface area contributed by atoms with Crippen LogP contribution in [0.25, 0.3) is 0 Å². The minimum absolute atomic E-state index is 0.0399. The van der Waals surface area contributed by atoms with Gasteiger partial charge in [-0.2, -0.15) is 0 Å². The van der Waals surface area contributed by atoms with Crippen LogP contribution in [0, 0.1) is 19.8 Å². The number of nitrogens with one attached hydrogen (secondary N) is 2. The Labute approximate surface area is 166 Å². The van der Waals surface area contributed by atoms with Crippen molar-refractivity contribution in [3.63, 3.8) is 0 Å². The average Bonchev–Trinajstić information content (AvgIpc) is 2.57. The van der Waals surface area contributed by atoms with Crippen LogP contribution in [0.3, 0.4) is 0 Å². The van der Waals surface area contributed by atoms with Crippen LogP contribution in [0.15, 0.2) is 41.3 Å². The predicted molar refractivity (Wildman–Crippen MR) is 110 cm³/mol. The molecule has 5 nitrogen and oxygen atoms in total. The molecule has 2 aromatic rings. The Morgan fingerprint density at radius 3 is 2.26 bits per heavy atom. The number of carbonyl (C=O) groups is 1. The summed E-state index contributed by atoms with van der Waals surface area (Å²) in [5.41, 5.74) is 2.72. The van der Waals surface area contributed by atoms with Crippen molar-refractivity contribution in [1.29, 1.82) is 0 Å². The van der Waals surface area contributed by atoms with Gasteiger partial charge < -0.3 is 5.32 Å². The maximum absolute atomic E-state index is 12.8. The van der Waals surface area contributed by atoms with E-state index >= 15 is 0 Å². The molecule has 0 radical (unpaired) electrons. The summed E-state index contributed by atoms with van der Waals surface area (Å²) in [6.07, 6.45) is 0. The van der Waals surface area contributed by atoms with E-state index in [9.17, 15) is 13.2 Å². The van der Waals surface area contributed by atoms with Gasteiger partial charge in [-0.1, -0.05) is 31.5 Å². The molecule has 2 N–H and O–H groups in total. The lowest BCUT2D eigenvalue weighted by atomic mass is 10.1. The summed E-state index contributed by atoms with van der Waals surface area (Å²) < 4.78 is 28.1. The van der Waals surface area contributed by atoms with E-state index < -0.39 is 10.0 Å². The molecule has 0 spiro atoms. The Morgan fingerprint density at radius 2 is 1.67 bits per heavy atom. The predicted octanol–water partition coefficient (Wildman–Crippen LogP) is 4.53. The molecule has 0 aliphatic carbocycles. The topological polar surface area (TPSA) is 75.3 Å². The fourth-order valence-electron chi connectivity index (χ4n) is 2.32. The second-order valence-corrected chi connectivity index (χ2v) is 9.11. The second kappa shape index (κ2) is 8.31. The zero-order valence-electron chi connectivity index (χ0n) is 16.1. The second-order valence-electron chi connectivity index (χ2n) is 7.06. The quantitative estimate of drug-likeness (QED) is 0.737. The number of hydrogen-bond acceptors (Lipinski definition) is 3. The van der Waals surface area contributed by atoms with Crippen molar-refractivity contribution in [3.05, 3.63) is 58.1 Å². The van der Waals surface area contributed by atoms with Gasteiger partial charge in [-0.3, -0.25) is 9.52 Å². The van der Waals surface area contributed by atoms with Crippen LogP contribution in [0.2, 0.25) is 5.02 Å². The molecule has 0 fully saturated rings. The third-order valence-corrected chi connectivity index (χ3v) is 6.46. The number of benzene rings is 2. The first-order valence-corrected chi connectivity index (χ1v) is 10.6. The third-order valence-electron chi connectivity index (χ3n) is 4.60. The van der Waals surface area contributed by atoms with Gasteiger partial charge in [0.05, 0.1) is 5.02 Å². The Bertz CT molecular complexity index is 956. The normalized spacial score (nSPS) is 12.7. The van der Waals surface area contributed by atoms with Gasteiger partial charge in [0.25, 0.3) is 15.9 Å². The standard InChI is InChI=1S/C20H25ClN2O3S/c1-12(2)15(5)22-20(24)16-7-9-18(21)19(11-16)27(25,26)23-17-8-6-13(3)14(4)10-17/h6-12,15,23H,1-5H3,(H,22,24). The van der Waals surface area contributed by atoms with Crippen molar-refractivity contribution in [2.75, 3.05) is 4.72 Å². The summed E-state index contributed by atoms with van der Waals surface area (Å²) in [7, 11) is -3.94. The van der Waals surface area contributed by atoms with Crippen molar-refractivity contribution >= 4 is 33.2 Å². The molecule has 0 saturated heterocycles. The number of hydrogen-bond donors (Lipinski definition) is 2. The van der Waals surface area contributed by atoms with Crippen molar-refractivity contribution in [3.8, 4) is 0 Å². The zero-order valence-corrected chi connectivity index (χ0v) is 17.7. The van der Waals surface area contributed by atoms with Crippen molar-refractivity contribution in [2.45, 2.75) is 45.6 Å². The number of aryl methyl sites for hydroxylation is 2. The molecule has 1 atom stereocenters. The molecule has 146 valence electrons. The van der Waals surface area contributed by atoms with E-state index in [1.807, 2.05) is 40.7 Å². The van der Waals surface area contributed by atoms with Gasteiger partial charge in [-0.15, -0.1) is 0 Å². The zero-order chi connectivity index (χ0) is 20.4. The maximum atomic E-state index is 12.8. The first-order valence-electron chi connectivity index (χ1n) is 8.71. The molecule has 2 rings (SSSR count). The summed E-state index contributed by atoms with van der Waals surface area (Å²) in [5.74, 6) is -0.0774. The Balaban J connectivity index is 2.33. The number of sulfonamides is 1. The van der Waals surface area contributed by atoms with Crippen LogP contribution in [-0.2, 0) is 10.0 Å². The molecule has 0 bridgehead atoms. The molecule has 7 heteroatoms. The summed E-state index contributed by atoms with van der Waals surface area (Å²) in [5, 5.41) is 2.92. The van der Waals surface area contributed by atoms with E-state index in [0.29, 0.717) is 5.69 Å². The van der Waals surface area contributed by atoms with Crippen LogP contribution in [0.5, 0.6) is 0 Å². The maximum Gasteiger partial charge on any atom is 0.263 e. The molecule has 27 heavy (non-hydrogen) atoms. The molecule has 1 unspecified atom stereocenters. The van der Waals surface area contributed by atoms with Gasteiger partial charge in [-0.25, -0.2) is 8.42 Å². The van der Waals surface area contributed by atoms with E-state index in [0.717, 1.165) is 11.1 Å². The van der Waals surface area contributed by atoms with Gasteiger partial charge in [-0.05, 0) is 68.1 Å². The van der Waals surface area contributed by atoms with Gasteiger partial charge in [0.15, 0.2) is 0 Å². The van der Waals surface area contributed by atoms with E-state index in [-0.39, 0.29) is 33.3 Å². The number of amides is 1. The van der Waals surface area contributed by atoms with Crippen LogP contribution < -0.4 is 10.0 Å². The van der Waals surface area contributed by atoms with Crippen LogP contribution in [0.1, 0.15) is 42.3 Å². The molecular formula is C20H25ClN2O3S. The smallest absolute Gasteiger partial charge is 0.263 e. The van der Waals surface area contributed by atoms with Gasteiger partial charge in [0.1, 0.15) is 4.90 Å². The molecule has 0 saturated carbocycles. The van der Waals surface area contributed by atoms with Crippen LogP contribution >= 0.6 is 11.6 Å². The lowest BCUT2D eigenvalue weighted by Crippen LogP contribution is -2.36. The van der Waals surface area contributed by atoms with Gasteiger partial charge in [0.2, 0.25) is 0 Å². The molecule has 0 aromatic heterocycles. The molecule has 2 aromatic carbocycles. The summed E-state index contributed by atoms with van der Waals surface area (Å²) in [6.45, 7) is 9.75. The fourth-order valence-corrected chi connectivity index (χ4v) is 3.90. The molecule has 0 aliphatic heterocycles. The van der Waals surface area contributed by atoms with Crippen LogP contribution in [0.4, 0.5) is 5.69 Å². The minimum Gasteiger partial charge on any atom is -0.349 e. The Hall–Kier alpha value is -2.05. The number of carbonyl (C=O) groups excluding carboxylic acids is 1. The van der Waals surface area contributed by atoms with Gasteiger partial charge in [0, 0.05) is 17.3 Å². The van der Waals surface area contributed by atoms with E-state index in [2.05, 4.69) is 10.0 Å².